The Balaban J connectivity index is 1.45. The number of piperidine rings is 1. The highest BCUT2D eigenvalue weighted by atomic mass is 35.5. The first kappa shape index (κ1) is 27.6. The maximum absolute atomic E-state index is 14.4. The van der Waals surface area contributed by atoms with Crippen LogP contribution in [0.2, 0.25) is 15.1 Å². The number of aromatic nitrogens is 2. The number of aliphatic carboxylic acids is 1. The van der Waals surface area contributed by atoms with Gasteiger partial charge in [-0.2, -0.15) is 0 Å². The molecule has 2 aliphatic rings. The van der Waals surface area contributed by atoms with Gasteiger partial charge in [0.2, 0.25) is 5.91 Å². The van der Waals surface area contributed by atoms with E-state index in [1.807, 2.05) is 24.3 Å². The Hall–Kier alpha value is -3.59. The Bertz CT molecular complexity index is 1710. The lowest BCUT2D eigenvalue weighted by Crippen LogP contribution is -2.37. The summed E-state index contributed by atoms with van der Waals surface area (Å²) in [5.41, 5.74) is 2.29. The van der Waals surface area contributed by atoms with Crippen LogP contribution in [0.1, 0.15) is 52.8 Å². The van der Waals surface area contributed by atoms with Gasteiger partial charge in [-0.25, -0.2) is 0 Å². The second kappa shape index (κ2) is 10.7. The second-order valence-electron chi connectivity index (χ2n) is 10.4. The number of rotatable bonds is 6. The Kier molecular flexibility index (Phi) is 7.18. The van der Waals surface area contributed by atoms with Crippen molar-refractivity contribution in [1.82, 2.24) is 14.6 Å². The number of carboxylic acids is 1. The molecule has 1 aliphatic carbocycles. The summed E-state index contributed by atoms with van der Waals surface area (Å²) in [6, 6.07) is 10.4. The quantitative estimate of drug-likeness (QED) is 0.235. The Morgan fingerprint density at radius 1 is 1.07 bits per heavy atom. The fraction of sp³-hybridized carbons (Fsp3) is 0.267. The topological polar surface area (TPSA) is 106 Å². The largest absolute Gasteiger partial charge is 0.481 e. The smallest absolute Gasteiger partial charge is 0.307 e. The van der Waals surface area contributed by atoms with E-state index in [-0.39, 0.29) is 45.0 Å². The van der Waals surface area contributed by atoms with Crippen LogP contribution in [0.15, 0.2) is 59.8 Å². The van der Waals surface area contributed by atoms with Gasteiger partial charge in [-0.15, -0.1) is 0 Å². The molecular weight excluding hydrogens is 589 g/mol. The summed E-state index contributed by atoms with van der Waals surface area (Å²) in [5, 5.41) is 15.3. The van der Waals surface area contributed by atoms with Crippen molar-refractivity contribution in [3.8, 4) is 11.3 Å². The van der Waals surface area contributed by atoms with Gasteiger partial charge < -0.3 is 14.5 Å². The maximum atomic E-state index is 14.4. The lowest BCUT2D eigenvalue weighted by atomic mass is 9.90. The summed E-state index contributed by atoms with van der Waals surface area (Å²) >= 11 is 19.3. The molecule has 0 radical (unpaired) electrons. The third-order valence-corrected chi connectivity index (χ3v) is 8.84. The molecule has 4 aromatic rings. The Morgan fingerprint density at radius 3 is 2.41 bits per heavy atom. The van der Waals surface area contributed by atoms with E-state index in [0.29, 0.717) is 54.2 Å². The highest BCUT2D eigenvalue weighted by Gasteiger charge is 2.45. The highest BCUT2D eigenvalue weighted by molar-refractivity contribution is 6.42. The van der Waals surface area contributed by atoms with Crippen LogP contribution in [-0.2, 0) is 9.59 Å². The van der Waals surface area contributed by atoms with Crippen molar-refractivity contribution >= 4 is 63.5 Å². The van der Waals surface area contributed by atoms with Crippen molar-refractivity contribution in [2.24, 2.45) is 5.92 Å². The van der Waals surface area contributed by atoms with Gasteiger partial charge in [-0.3, -0.25) is 19.0 Å². The van der Waals surface area contributed by atoms with Crippen molar-refractivity contribution in [2.75, 3.05) is 13.1 Å². The van der Waals surface area contributed by atoms with Crippen molar-refractivity contribution in [3.63, 3.8) is 0 Å². The average Bonchev–Trinajstić information content (AvgIpc) is 3.45. The van der Waals surface area contributed by atoms with Gasteiger partial charge in [0.1, 0.15) is 11.3 Å². The molecule has 2 unspecified atom stereocenters. The van der Waals surface area contributed by atoms with Crippen LogP contribution >= 0.6 is 34.8 Å². The van der Waals surface area contributed by atoms with E-state index in [2.05, 4.69) is 11.7 Å². The summed E-state index contributed by atoms with van der Waals surface area (Å²) in [6.07, 6.45) is 4.65. The number of carbonyl (C=O) groups excluding carboxylic acids is 2. The summed E-state index contributed by atoms with van der Waals surface area (Å²) in [5.74, 6) is -1.67. The molecular formula is C30H24Cl3N3O5. The van der Waals surface area contributed by atoms with Gasteiger partial charge in [-0.05, 0) is 61.1 Å². The van der Waals surface area contributed by atoms with Crippen molar-refractivity contribution in [3.05, 3.63) is 87.2 Å². The number of hydrogen-bond donors (Lipinski definition) is 1. The van der Waals surface area contributed by atoms with Crippen LogP contribution in [0.5, 0.6) is 0 Å². The summed E-state index contributed by atoms with van der Waals surface area (Å²) in [7, 11) is 0. The van der Waals surface area contributed by atoms with E-state index in [4.69, 9.17) is 39.3 Å². The summed E-state index contributed by atoms with van der Waals surface area (Å²) in [6.45, 7) is 4.52. The molecule has 210 valence electrons. The molecule has 2 aromatic carbocycles. The monoisotopic (exact) mass is 611 g/mol. The Morgan fingerprint density at radius 2 is 1.78 bits per heavy atom. The van der Waals surface area contributed by atoms with Gasteiger partial charge in [0, 0.05) is 41.2 Å². The standard InChI is InChI=1S/C30H24Cl3N3O5/c1-2-24(37)35-9-6-15(7-10-35)28-26(27(34-41-28)25-21(32)12-16(31)13-22(25)33)29(38)36-11-8-18-17(4-3-5-23(18)36)19-14-20(19)30(39)40/h2-5,8,11-13,15,19-20H,1,6-7,9-10,14H2,(H,39,40). The molecule has 8 nitrogen and oxygen atoms in total. The zero-order valence-corrected chi connectivity index (χ0v) is 23.9. The van der Waals surface area contributed by atoms with Crippen LogP contribution < -0.4 is 0 Å². The van der Waals surface area contributed by atoms with Crippen LogP contribution in [-0.4, -0.2) is 50.6 Å². The molecule has 1 N–H and O–H groups in total. The van der Waals surface area contributed by atoms with E-state index in [1.54, 1.807) is 11.1 Å². The Labute approximate surface area is 250 Å². The number of halogens is 3. The van der Waals surface area contributed by atoms with E-state index in [0.717, 1.165) is 10.9 Å². The molecule has 0 bridgehead atoms. The number of hydrogen-bond acceptors (Lipinski definition) is 5. The van der Waals surface area contributed by atoms with Crippen LogP contribution in [0.25, 0.3) is 22.2 Å². The molecule has 1 aliphatic heterocycles. The molecule has 1 saturated carbocycles. The molecule has 3 heterocycles. The minimum absolute atomic E-state index is 0.0981. The molecule has 1 amide bonds. The molecule has 2 atom stereocenters. The molecule has 41 heavy (non-hydrogen) atoms. The molecule has 2 fully saturated rings. The third kappa shape index (κ3) is 4.84. The summed E-state index contributed by atoms with van der Waals surface area (Å²) in [4.78, 5) is 39.8. The van der Waals surface area contributed by atoms with Crippen molar-refractivity contribution < 1.29 is 24.0 Å². The van der Waals surface area contributed by atoms with Crippen molar-refractivity contribution in [1.29, 1.82) is 0 Å². The first-order chi connectivity index (χ1) is 19.7. The predicted octanol–water partition coefficient (Wildman–Crippen LogP) is 7.03. The number of fused-ring (bicyclic) bond motifs is 1. The zero-order chi connectivity index (χ0) is 29.0. The van der Waals surface area contributed by atoms with Crippen LogP contribution in [0, 0.1) is 5.92 Å². The number of carbonyl (C=O) groups is 3. The van der Waals surface area contributed by atoms with Crippen molar-refractivity contribution in [2.45, 2.75) is 31.1 Å². The normalized spacial score (nSPS) is 19.0. The second-order valence-corrected chi connectivity index (χ2v) is 11.6. The van der Waals surface area contributed by atoms with Gasteiger partial charge in [0.05, 0.1) is 21.5 Å². The van der Waals surface area contributed by atoms with Crippen LogP contribution in [0.4, 0.5) is 0 Å². The molecule has 2 aromatic heterocycles. The third-order valence-electron chi connectivity index (χ3n) is 8.02. The van der Waals surface area contributed by atoms with E-state index in [1.165, 1.54) is 22.8 Å². The highest BCUT2D eigenvalue weighted by Crippen LogP contribution is 2.50. The van der Waals surface area contributed by atoms with Gasteiger partial charge in [0.15, 0.2) is 5.76 Å². The fourth-order valence-electron chi connectivity index (χ4n) is 5.84. The fourth-order valence-corrected chi connectivity index (χ4v) is 6.84. The number of carboxylic acid groups (broad SMARTS) is 1. The summed E-state index contributed by atoms with van der Waals surface area (Å²) < 4.78 is 7.39. The molecule has 6 rings (SSSR count). The molecule has 1 saturated heterocycles. The first-order valence-electron chi connectivity index (χ1n) is 13.1. The average molecular weight is 613 g/mol. The van der Waals surface area contributed by atoms with Gasteiger partial charge in [-0.1, -0.05) is 58.7 Å². The van der Waals surface area contributed by atoms with E-state index in [9.17, 15) is 19.5 Å². The number of nitrogens with zero attached hydrogens (tertiary/aromatic N) is 3. The first-order valence-corrected chi connectivity index (χ1v) is 14.3. The van der Waals surface area contributed by atoms with Crippen LogP contribution in [0.3, 0.4) is 0 Å². The van der Waals surface area contributed by atoms with E-state index >= 15 is 0 Å². The molecule has 11 heteroatoms. The molecule has 0 spiro atoms. The predicted molar refractivity (Wildman–Crippen MR) is 156 cm³/mol. The lowest BCUT2D eigenvalue weighted by molar-refractivity contribution is -0.138. The number of amides is 1. The van der Waals surface area contributed by atoms with Gasteiger partial charge in [0.25, 0.3) is 5.91 Å². The maximum Gasteiger partial charge on any atom is 0.307 e. The number of benzene rings is 2. The van der Waals surface area contributed by atoms with Gasteiger partial charge >= 0.3 is 5.97 Å². The number of likely N-dealkylation sites (tertiary alicyclic amines) is 1. The minimum Gasteiger partial charge on any atom is -0.481 e. The minimum atomic E-state index is -0.821. The van der Waals surface area contributed by atoms with E-state index < -0.39 is 11.9 Å². The lowest BCUT2D eigenvalue weighted by Gasteiger charge is -2.30. The zero-order valence-electron chi connectivity index (χ0n) is 21.6. The SMILES string of the molecule is C=CC(=O)N1CCC(c2onc(-c3c(Cl)cc(Cl)cc3Cl)c2C(=O)n2ccc3c(C4CC4C(=O)O)cccc32)CC1.